The van der Waals surface area contributed by atoms with Crippen LogP contribution in [0.25, 0.3) is 0 Å². The molecule has 1 saturated carbocycles. The van der Waals surface area contributed by atoms with Gasteiger partial charge in [0.15, 0.2) is 0 Å². The molecule has 39 heavy (non-hydrogen) atoms. The number of carbonyl (C=O) groups is 3. The molecule has 9 heteroatoms. The van der Waals surface area contributed by atoms with Crippen molar-refractivity contribution in [2.75, 3.05) is 13.1 Å². The summed E-state index contributed by atoms with van der Waals surface area (Å²) in [5.41, 5.74) is 1.06. The fourth-order valence-corrected chi connectivity index (χ4v) is 5.75. The summed E-state index contributed by atoms with van der Waals surface area (Å²) < 4.78 is 14.8. The SMILES string of the molecule is CC(C)(C)C1CCC2(CC1)N=C(c1cc(Cl)ccc1F)C(=O)N2CCc1ccc(C(=O)NCCC(=O)O)cc1. The van der Waals surface area contributed by atoms with Crippen molar-refractivity contribution in [1.82, 2.24) is 10.2 Å². The lowest BCUT2D eigenvalue weighted by Gasteiger charge is -2.45. The maximum atomic E-state index is 14.8. The van der Waals surface area contributed by atoms with Crippen LogP contribution in [0.2, 0.25) is 5.02 Å². The van der Waals surface area contributed by atoms with E-state index in [0.29, 0.717) is 42.3 Å². The number of nitrogens with one attached hydrogen (secondary N) is 1. The Balaban J connectivity index is 1.52. The van der Waals surface area contributed by atoms with E-state index in [1.54, 1.807) is 17.0 Å². The molecule has 1 fully saturated rings. The summed E-state index contributed by atoms with van der Waals surface area (Å²) in [4.78, 5) is 43.4. The molecule has 2 aromatic rings. The van der Waals surface area contributed by atoms with Gasteiger partial charge in [0.1, 0.15) is 17.2 Å². The first-order chi connectivity index (χ1) is 18.4. The largest absolute Gasteiger partial charge is 0.481 e. The van der Waals surface area contributed by atoms with E-state index >= 15 is 0 Å². The first-order valence-corrected chi connectivity index (χ1v) is 13.7. The fourth-order valence-electron chi connectivity index (χ4n) is 5.57. The molecular weight excluding hydrogens is 521 g/mol. The summed E-state index contributed by atoms with van der Waals surface area (Å²) in [7, 11) is 0. The summed E-state index contributed by atoms with van der Waals surface area (Å²) in [6, 6.07) is 11.2. The first kappa shape index (κ1) is 28.7. The number of carboxylic acid groups (broad SMARTS) is 1. The van der Waals surface area contributed by atoms with Gasteiger partial charge in [0.05, 0.1) is 6.42 Å². The highest BCUT2D eigenvalue weighted by molar-refractivity contribution is 6.47. The van der Waals surface area contributed by atoms with Gasteiger partial charge in [-0.15, -0.1) is 0 Å². The molecule has 0 unspecified atom stereocenters. The van der Waals surface area contributed by atoms with Crippen LogP contribution in [-0.2, 0) is 16.0 Å². The maximum absolute atomic E-state index is 14.8. The lowest BCUT2D eigenvalue weighted by atomic mass is 9.69. The summed E-state index contributed by atoms with van der Waals surface area (Å²) in [6.07, 6.45) is 3.66. The van der Waals surface area contributed by atoms with Gasteiger partial charge in [-0.05, 0) is 79.3 Å². The molecule has 2 aliphatic rings. The van der Waals surface area contributed by atoms with Crippen molar-refractivity contribution in [3.63, 3.8) is 0 Å². The number of hydrogen-bond acceptors (Lipinski definition) is 4. The van der Waals surface area contributed by atoms with E-state index in [9.17, 15) is 18.8 Å². The lowest BCUT2D eigenvalue weighted by molar-refractivity contribution is -0.136. The molecule has 2 aromatic carbocycles. The Morgan fingerprint density at radius 2 is 1.82 bits per heavy atom. The Labute approximate surface area is 233 Å². The van der Waals surface area contributed by atoms with Gasteiger partial charge in [-0.1, -0.05) is 44.5 Å². The van der Waals surface area contributed by atoms with Crippen molar-refractivity contribution in [2.24, 2.45) is 16.3 Å². The fraction of sp³-hybridized carbons (Fsp3) is 0.467. The number of nitrogens with zero attached hydrogens (tertiary/aromatic N) is 2. The van der Waals surface area contributed by atoms with Crippen molar-refractivity contribution in [2.45, 2.75) is 65.0 Å². The molecule has 0 saturated heterocycles. The average Bonchev–Trinajstić information content (AvgIpc) is 3.14. The minimum atomic E-state index is -0.975. The number of benzene rings is 2. The third kappa shape index (κ3) is 6.49. The molecule has 1 heterocycles. The number of amides is 2. The number of carboxylic acids is 1. The second-order valence-corrected chi connectivity index (χ2v) is 11.9. The van der Waals surface area contributed by atoms with Crippen molar-refractivity contribution >= 4 is 35.1 Å². The van der Waals surface area contributed by atoms with Crippen molar-refractivity contribution < 1.29 is 23.9 Å². The van der Waals surface area contributed by atoms with Crippen LogP contribution < -0.4 is 5.32 Å². The summed E-state index contributed by atoms with van der Waals surface area (Å²) in [5.74, 6) is -1.62. The van der Waals surface area contributed by atoms with Gasteiger partial charge < -0.3 is 15.3 Å². The Morgan fingerprint density at radius 3 is 2.44 bits per heavy atom. The smallest absolute Gasteiger partial charge is 0.305 e. The Bertz CT molecular complexity index is 1280. The van der Waals surface area contributed by atoms with Crippen LogP contribution in [0.15, 0.2) is 47.5 Å². The molecule has 0 atom stereocenters. The number of rotatable bonds is 8. The van der Waals surface area contributed by atoms with Gasteiger partial charge in [-0.3, -0.25) is 19.4 Å². The molecule has 4 rings (SSSR count). The predicted octanol–water partition coefficient (Wildman–Crippen LogP) is 5.49. The molecule has 0 aromatic heterocycles. The second kappa shape index (κ2) is 11.5. The van der Waals surface area contributed by atoms with Crippen LogP contribution >= 0.6 is 11.6 Å². The Hall–Kier alpha value is -3.26. The molecule has 0 radical (unpaired) electrons. The molecule has 2 amide bonds. The number of halogens is 2. The minimum absolute atomic E-state index is 0.0562. The van der Waals surface area contributed by atoms with Crippen molar-refractivity contribution in [3.05, 3.63) is 70.0 Å². The zero-order valence-corrected chi connectivity index (χ0v) is 23.4. The quantitative estimate of drug-likeness (QED) is 0.450. The minimum Gasteiger partial charge on any atom is -0.481 e. The van der Waals surface area contributed by atoms with E-state index in [2.05, 4.69) is 26.1 Å². The van der Waals surface area contributed by atoms with Gasteiger partial charge in [0.2, 0.25) is 0 Å². The van der Waals surface area contributed by atoms with Crippen LogP contribution in [-0.4, -0.2) is 52.3 Å². The van der Waals surface area contributed by atoms with E-state index < -0.39 is 17.4 Å². The standard InChI is InChI=1S/C30H35ClFN3O4/c1-29(2,3)21-10-14-30(15-11-21)34-26(23-18-22(31)8-9-24(23)32)28(39)35(30)17-13-19-4-6-20(7-5-19)27(38)33-16-12-25(36)37/h4-9,18,21H,10-17H2,1-3H3,(H,33,38)(H,36,37). The topological polar surface area (TPSA) is 99.1 Å². The molecule has 1 aliphatic carbocycles. The van der Waals surface area contributed by atoms with Gasteiger partial charge in [0, 0.05) is 29.2 Å². The summed E-state index contributed by atoms with van der Waals surface area (Å²) >= 11 is 6.14. The number of carbonyl (C=O) groups excluding carboxylic acids is 2. The Morgan fingerprint density at radius 1 is 1.15 bits per heavy atom. The number of aliphatic carboxylic acids is 1. The normalized spacial score (nSPS) is 21.3. The molecule has 1 spiro atoms. The molecule has 1 aliphatic heterocycles. The molecular formula is C30H35ClFN3O4. The Kier molecular flexibility index (Phi) is 8.45. The third-order valence-corrected chi connectivity index (χ3v) is 8.16. The van der Waals surface area contributed by atoms with Gasteiger partial charge >= 0.3 is 5.97 Å². The highest BCUT2D eigenvalue weighted by Crippen LogP contribution is 2.46. The van der Waals surface area contributed by atoms with Crippen LogP contribution in [0.1, 0.15) is 74.4 Å². The predicted molar refractivity (Wildman–Crippen MR) is 149 cm³/mol. The van der Waals surface area contributed by atoms with Crippen LogP contribution in [0.3, 0.4) is 0 Å². The molecule has 208 valence electrons. The summed E-state index contributed by atoms with van der Waals surface area (Å²) in [6.45, 7) is 7.16. The zero-order valence-electron chi connectivity index (χ0n) is 22.6. The van der Waals surface area contributed by atoms with Crippen molar-refractivity contribution in [1.29, 1.82) is 0 Å². The van der Waals surface area contributed by atoms with E-state index in [0.717, 1.165) is 18.4 Å². The molecule has 2 N–H and O–H groups in total. The van der Waals surface area contributed by atoms with Crippen LogP contribution in [0.4, 0.5) is 4.39 Å². The monoisotopic (exact) mass is 555 g/mol. The average molecular weight is 556 g/mol. The van der Waals surface area contributed by atoms with Gasteiger partial charge in [-0.2, -0.15) is 0 Å². The highest BCUT2D eigenvalue weighted by atomic mass is 35.5. The summed E-state index contributed by atoms with van der Waals surface area (Å²) in [5, 5.41) is 11.7. The van der Waals surface area contributed by atoms with Crippen molar-refractivity contribution in [3.8, 4) is 0 Å². The molecule has 0 bridgehead atoms. The zero-order chi connectivity index (χ0) is 28.4. The number of hydrogen-bond donors (Lipinski definition) is 2. The number of aliphatic imine (C=N–C) groups is 1. The first-order valence-electron chi connectivity index (χ1n) is 13.4. The molecule has 7 nitrogen and oxygen atoms in total. The van der Waals surface area contributed by atoms with Crippen LogP contribution in [0, 0.1) is 17.2 Å². The van der Waals surface area contributed by atoms with Gasteiger partial charge in [-0.25, -0.2) is 4.39 Å². The lowest BCUT2D eigenvalue weighted by Crippen LogP contribution is -2.50. The van der Waals surface area contributed by atoms with E-state index in [-0.39, 0.29) is 41.5 Å². The van der Waals surface area contributed by atoms with E-state index in [1.165, 1.54) is 18.2 Å². The third-order valence-electron chi connectivity index (χ3n) is 7.93. The van der Waals surface area contributed by atoms with E-state index in [4.69, 9.17) is 21.7 Å². The second-order valence-electron chi connectivity index (χ2n) is 11.5. The maximum Gasteiger partial charge on any atom is 0.305 e. The van der Waals surface area contributed by atoms with Gasteiger partial charge in [0.25, 0.3) is 11.8 Å². The van der Waals surface area contributed by atoms with Crippen LogP contribution in [0.5, 0.6) is 0 Å². The van der Waals surface area contributed by atoms with E-state index in [1.807, 2.05) is 12.1 Å². The highest BCUT2D eigenvalue weighted by Gasteiger charge is 2.50.